The lowest BCUT2D eigenvalue weighted by molar-refractivity contribution is -0.119. The first-order valence-corrected chi connectivity index (χ1v) is 12.9. The van der Waals surface area contributed by atoms with E-state index < -0.39 is 10.0 Å². The first kappa shape index (κ1) is 23.4. The summed E-state index contributed by atoms with van der Waals surface area (Å²) in [7, 11) is -3.90. The second kappa shape index (κ2) is 10.8. The Kier molecular flexibility index (Phi) is 8.17. The summed E-state index contributed by atoms with van der Waals surface area (Å²) in [4.78, 5) is 13.9. The van der Waals surface area contributed by atoms with E-state index in [1.165, 1.54) is 0 Å². The third-order valence-corrected chi connectivity index (χ3v) is 7.78. The topological polar surface area (TPSA) is 66.5 Å². The van der Waals surface area contributed by atoms with Gasteiger partial charge >= 0.3 is 0 Å². The summed E-state index contributed by atoms with van der Waals surface area (Å²) in [5, 5.41) is 2.82. The highest BCUT2D eigenvalue weighted by atomic mass is 79.9. The Bertz CT molecular complexity index is 1100. The molecule has 0 aliphatic rings. The fourth-order valence-corrected chi connectivity index (χ4v) is 5.30. The van der Waals surface area contributed by atoms with Crippen LogP contribution in [0.3, 0.4) is 0 Å². The molecule has 0 saturated carbocycles. The molecule has 0 fully saturated rings. The molecule has 8 heteroatoms. The molecule has 0 spiro atoms. The molecule has 0 aliphatic heterocycles. The van der Waals surface area contributed by atoms with Crippen molar-refractivity contribution in [3.63, 3.8) is 0 Å². The Morgan fingerprint density at radius 2 is 1.61 bits per heavy atom. The average molecular weight is 519 g/mol. The van der Waals surface area contributed by atoms with Crippen molar-refractivity contribution in [2.24, 2.45) is 0 Å². The smallest absolute Gasteiger partial charge is 0.264 e. The van der Waals surface area contributed by atoms with Crippen LogP contribution in [0, 0.1) is 6.92 Å². The number of amides is 1. The summed E-state index contributed by atoms with van der Waals surface area (Å²) in [6, 6.07) is 23.4. The van der Waals surface area contributed by atoms with Crippen molar-refractivity contribution in [3.8, 4) is 0 Å². The Balaban J connectivity index is 1.71. The third kappa shape index (κ3) is 6.59. The van der Waals surface area contributed by atoms with Crippen LogP contribution < -0.4 is 9.62 Å². The Morgan fingerprint density at radius 1 is 0.968 bits per heavy atom. The van der Waals surface area contributed by atoms with Gasteiger partial charge in [-0.2, -0.15) is 0 Å². The standard InChI is InChI=1S/C23H23BrN2O3S2/c1-18-7-13-22(14-8-18)31(28,29)26(20-11-9-19(24)10-12-20)17-23(27)25-15-16-30-21-5-3-2-4-6-21/h2-14H,15-17H2,1H3,(H,25,27). The fourth-order valence-electron chi connectivity index (χ4n) is 2.82. The van der Waals surface area contributed by atoms with Crippen molar-refractivity contribution in [2.75, 3.05) is 23.1 Å². The van der Waals surface area contributed by atoms with E-state index in [2.05, 4.69) is 21.2 Å². The van der Waals surface area contributed by atoms with Gasteiger partial charge in [-0.3, -0.25) is 9.10 Å². The number of carbonyl (C=O) groups is 1. The summed E-state index contributed by atoms with van der Waals surface area (Å²) < 4.78 is 28.6. The van der Waals surface area contributed by atoms with Crippen molar-refractivity contribution < 1.29 is 13.2 Å². The molecule has 3 aromatic carbocycles. The van der Waals surface area contributed by atoms with Crippen LogP contribution in [0.1, 0.15) is 5.56 Å². The molecule has 0 unspecified atom stereocenters. The van der Waals surface area contributed by atoms with Crippen molar-refractivity contribution in [1.82, 2.24) is 5.32 Å². The summed E-state index contributed by atoms with van der Waals surface area (Å²) in [5.41, 5.74) is 1.39. The lowest BCUT2D eigenvalue weighted by atomic mass is 10.2. The van der Waals surface area contributed by atoms with E-state index in [1.807, 2.05) is 37.3 Å². The van der Waals surface area contributed by atoms with E-state index in [0.717, 1.165) is 19.2 Å². The molecule has 0 heterocycles. The number of carbonyl (C=O) groups excluding carboxylic acids is 1. The maximum Gasteiger partial charge on any atom is 0.264 e. The lowest BCUT2D eigenvalue weighted by Gasteiger charge is -2.24. The van der Waals surface area contributed by atoms with Gasteiger partial charge < -0.3 is 5.32 Å². The van der Waals surface area contributed by atoms with Gasteiger partial charge in [0, 0.05) is 21.7 Å². The normalized spacial score (nSPS) is 11.2. The van der Waals surface area contributed by atoms with E-state index in [-0.39, 0.29) is 17.3 Å². The highest BCUT2D eigenvalue weighted by Gasteiger charge is 2.27. The minimum atomic E-state index is -3.90. The maximum atomic E-state index is 13.3. The number of benzene rings is 3. The van der Waals surface area contributed by atoms with Crippen LogP contribution in [0.25, 0.3) is 0 Å². The van der Waals surface area contributed by atoms with Gasteiger partial charge in [0.15, 0.2) is 0 Å². The molecule has 0 radical (unpaired) electrons. The number of nitrogens with one attached hydrogen (secondary N) is 1. The van der Waals surface area contributed by atoms with Gasteiger partial charge in [0.25, 0.3) is 10.0 Å². The molecule has 1 N–H and O–H groups in total. The van der Waals surface area contributed by atoms with Gasteiger partial charge in [0.2, 0.25) is 5.91 Å². The van der Waals surface area contributed by atoms with Crippen LogP contribution in [0.5, 0.6) is 0 Å². The number of anilines is 1. The highest BCUT2D eigenvalue weighted by Crippen LogP contribution is 2.25. The number of rotatable bonds is 9. The minimum Gasteiger partial charge on any atom is -0.354 e. The van der Waals surface area contributed by atoms with Crippen molar-refractivity contribution in [1.29, 1.82) is 0 Å². The first-order chi connectivity index (χ1) is 14.9. The lowest BCUT2D eigenvalue weighted by Crippen LogP contribution is -2.41. The van der Waals surface area contributed by atoms with E-state index >= 15 is 0 Å². The van der Waals surface area contributed by atoms with Crippen LogP contribution in [-0.2, 0) is 14.8 Å². The van der Waals surface area contributed by atoms with E-state index in [1.54, 1.807) is 60.3 Å². The van der Waals surface area contributed by atoms with Gasteiger partial charge in [-0.25, -0.2) is 8.42 Å². The van der Waals surface area contributed by atoms with Crippen molar-refractivity contribution >= 4 is 49.3 Å². The molecule has 0 aromatic heterocycles. The fraction of sp³-hybridized carbons (Fsp3) is 0.174. The molecule has 0 atom stereocenters. The Labute approximate surface area is 196 Å². The van der Waals surface area contributed by atoms with Gasteiger partial charge in [-0.1, -0.05) is 51.8 Å². The molecule has 3 rings (SSSR count). The summed E-state index contributed by atoms with van der Waals surface area (Å²) in [6.07, 6.45) is 0. The molecule has 5 nitrogen and oxygen atoms in total. The van der Waals surface area contributed by atoms with Crippen molar-refractivity contribution in [3.05, 3.63) is 88.9 Å². The SMILES string of the molecule is Cc1ccc(S(=O)(=O)N(CC(=O)NCCSc2ccccc2)c2ccc(Br)cc2)cc1. The third-order valence-electron chi connectivity index (χ3n) is 4.45. The molecule has 0 saturated heterocycles. The van der Waals surface area contributed by atoms with E-state index in [0.29, 0.717) is 18.0 Å². The number of hydrogen-bond donors (Lipinski definition) is 1. The van der Waals surface area contributed by atoms with Crippen LogP contribution in [0.2, 0.25) is 0 Å². The summed E-state index contributed by atoms with van der Waals surface area (Å²) >= 11 is 4.99. The zero-order valence-electron chi connectivity index (χ0n) is 17.0. The highest BCUT2D eigenvalue weighted by molar-refractivity contribution is 9.10. The summed E-state index contributed by atoms with van der Waals surface area (Å²) in [5.74, 6) is 0.339. The van der Waals surface area contributed by atoms with Gasteiger partial charge in [0.05, 0.1) is 10.6 Å². The number of sulfonamides is 1. The molecule has 0 bridgehead atoms. The van der Waals surface area contributed by atoms with Gasteiger partial charge in [-0.05, 0) is 55.5 Å². The second-order valence-corrected chi connectivity index (χ2v) is 10.8. The van der Waals surface area contributed by atoms with Crippen LogP contribution in [0.15, 0.2) is 93.1 Å². The largest absolute Gasteiger partial charge is 0.354 e. The number of nitrogens with zero attached hydrogens (tertiary/aromatic N) is 1. The second-order valence-electron chi connectivity index (χ2n) is 6.81. The van der Waals surface area contributed by atoms with Gasteiger partial charge in [-0.15, -0.1) is 11.8 Å². The predicted octanol–water partition coefficient (Wildman–Crippen LogP) is 4.86. The number of thioether (sulfide) groups is 1. The Hall–Kier alpha value is -2.29. The van der Waals surface area contributed by atoms with Crippen LogP contribution in [-0.4, -0.2) is 33.2 Å². The molecular formula is C23H23BrN2O3S2. The average Bonchev–Trinajstić information content (AvgIpc) is 2.77. The molecule has 31 heavy (non-hydrogen) atoms. The molecular weight excluding hydrogens is 496 g/mol. The molecule has 0 aliphatic carbocycles. The van der Waals surface area contributed by atoms with E-state index in [4.69, 9.17) is 0 Å². The molecule has 3 aromatic rings. The minimum absolute atomic E-state index is 0.147. The van der Waals surface area contributed by atoms with Crippen LogP contribution >= 0.6 is 27.7 Å². The zero-order valence-corrected chi connectivity index (χ0v) is 20.2. The van der Waals surface area contributed by atoms with Crippen LogP contribution in [0.4, 0.5) is 5.69 Å². The number of halogens is 1. The monoisotopic (exact) mass is 518 g/mol. The molecule has 162 valence electrons. The number of aryl methyl sites for hydroxylation is 1. The first-order valence-electron chi connectivity index (χ1n) is 9.66. The Morgan fingerprint density at radius 3 is 2.26 bits per heavy atom. The van der Waals surface area contributed by atoms with Crippen molar-refractivity contribution in [2.45, 2.75) is 16.7 Å². The van der Waals surface area contributed by atoms with E-state index in [9.17, 15) is 13.2 Å². The number of hydrogen-bond acceptors (Lipinski definition) is 4. The maximum absolute atomic E-state index is 13.3. The molecule has 1 amide bonds. The summed E-state index contributed by atoms with van der Waals surface area (Å²) in [6.45, 7) is 2.04. The van der Waals surface area contributed by atoms with Gasteiger partial charge in [0.1, 0.15) is 6.54 Å². The predicted molar refractivity (Wildman–Crippen MR) is 130 cm³/mol. The zero-order chi connectivity index (χ0) is 22.3. The quantitative estimate of drug-likeness (QED) is 0.324.